The van der Waals surface area contributed by atoms with Crippen molar-refractivity contribution in [2.24, 2.45) is 0 Å². The van der Waals surface area contributed by atoms with Crippen LogP contribution in [-0.2, 0) is 0 Å². The molecule has 0 aliphatic rings. The highest BCUT2D eigenvalue weighted by Crippen LogP contribution is 2.29. The third kappa shape index (κ3) is 1.74. The Morgan fingerprint density at radius 2 is 2.21 bits per heavy atom. The Labute approximate surface area is 91.4 Å². The van der Waals surface area contributed by atoms with Crippen molar-refractivity contribution < 1.29 is 0 Å². The van der Waals surface area contributed by atoms with Crippen LogP contribution in [0.25, 0.3) is 10.6 Å². The Bertz CT molecular complexity index is 465. The molecule has 1 heterocycles. The fourth-order valence-corrected chi connectivity index (χ4v) is 2.04. The normalized spacial score (nSPS) is 10.4. The summed E-state index contributed by atoms with van der Waals surface area (Å²) in [5, 5.41) is 1.56. The molecule has 72 valence electrons. The van der Waals surface area contributed by atoms with Crippen LogP contribution in [0, 0.1) is 6.92 Å². The van der Waals surface area contributed by atoms with E-state index in [0.29, 0.717) is 10.7 Å². The first-order valence-electron chi connectivity index (χ1n) is 4.14. The van der Waals surface area contributed by atoms with Gasteiger partial charge in [0.25, 0.3) is 0 Å². The van der Waals surface area contributed by atoms with Crippen molar-refractivity contribution in [3.05, 3.63) is 34.3 Å². The summed E-state index contributed by atoms with van der Waals surface area (Å²) >= 11 is 7.48. The molecule has 2 N–H and O–H groups in total. The Kier molecular flexibility index (Phi) is 2.44. The zero-order valence-corrected chi connectivity index (χ0v) is 9.19. The number of nitrogen functional groups attached to an aromatic ring is 1. The first-order valence-corrected chi connectivity index (χ1v) is 5.34. The van der Waals surface area contributed by atoms with Gasteiger partial charge in [0.15, 0.2) is 0 Å². The fraction of sp³-hybridized carbons (Fsp3) is 0.100. The molecule has 2 nitrogen and oxygen atoms in total. The fourth-order valence-electron chi connectivity index (χ4n) is 1.16. The van der Waals surface area contributed by atoms with Crippen molar-refractivity contribution in [3.63, 3.8) is 0 Å². The van der Waals surface area contributed by atoms with E-state index in [2.05, 4.69) is 4.98 Å². The van der Waals surface area contributed by atoms with Gasteiger partial charge in [-0.1, -0.05) is 17.7 Å². The number of aromatic nitrogens is 1. The molecule has 0 bridgehead atoms. The van der Waals surface area contributed by atoms with Gasteiger partial charge >= 0.3 is 0 Å². The van der Waals surface area contributed by atoms with Crippen molar-refractivity contribution in [3.8, 4) is 10.6 Å². The molecule has 0 saturated heterocycles. The van der Waals surface area contributed by atoms with E-state index in [9.17, 15) is 0 Å². The van der Waals surface area contributed by atoms with Crippen LogP contribution >= 0.6 is 22.9 Å². The summed E-state index contributed by atoms with van der Waals surface area (Å²) in [6, 6.07) is 5.57. The van der Waals surface area contributed by atoms with Crippen molar-refractivity contribution >= 4 is 28.6 Å². The first-order chi connectivity index (χ1) is 6.66. The van der Waals surface area contributed by atoms with E-state index in [-0.39, 0.29) is 0 Å². The number of rotatable bonds is 1. The molecule has 2 aromatic rings. The number of thiazole rings is 1. The SMILES string of the molecule is Cc1cnc(-c2ccc(Cl)c(N)c2)s1. The molecule has 0 atom stereocenters. The third-order valence-corrected chi connectivity index (χ3v) is 3.17. The van der Waals surface area contributed by atoms with Gasteiger partial charge in [-0.05, 0) is 19.1 Å². The average molecular weight is 225 g/mol. The summed E-state index contributed by atoms with van der Waals surface area (Å²) in [7, 11) is 0. The van der Waals surface area contributed by atoms with Gasteiger partial charge in [-0.3, -0.25) is 0 Å². The van der Waals surface area contributed by atoms with Crippen LogP contribution in [0.2, 0.25) is 5.02 Å². The maximum Gasteiger partial charge on any atom is 0.123 e. The number of anilines is 1. The highest BCUT2D eigenvalue weighted by molar-refractivity contribution is 7.14. The Hall–Kier alpha value is -1.06. The molecule has 2 rings (SSSR count). The molecule has 0 aliphatic heterocycles. The highest BCUT2D eigenvalue weighted by atomic mass is 35.5. The molecule has 0 aliphatic carbocycles. The van der Waals surface area contributed by atoms with Crippen molar-refractivity contribution in [1.82, 2.24) is 4.98 Å². The van der Waals surface area contributed by atoms with E-state index in [4.69, 9.17) is 17.3 Å². The number of halogens is 1. The zero-order valence-electron chi connectivity index (χ0n) is 7.62. The number of nitrogens with two attached hydrogens (primary N) is 1. The van der Waals surface area contributed by atoms with Gasteiger partial charge in [-0.25, -0.2) is 4.98 Å². The summed E-state index contributed by atoms with van der Waals surface area (Å²) in [6.45, 7) is 2.03. The average Bonchev–Trinajstić information content (AvgIpc) is 2.57. The lowest BCUT2D eigenvalue weighted by molar-refractivity contribution is 1.38. The molecule has 1 aromatic heterocycles. The molecule has 0 fully saturated rings. The van der Waals surface area contributed by atoms with Crippen molar-refractivity contribution in [1.29, 1.82) is 0 Å². The second kappa shape index (κ2) is 3.59. The Balaban J connectivity index is 2.47. The van der Waals surface area contributed by atoms with Gasteiger partial charge in [-0.2, -0.15) is 0 Å². The van der Waals surface area contributed by atoms with Gasteiger partial charge in [0.1, 0.15) is 5.01 Å². The Morgan fingerprint density at radius 1 is 1.43 bits per heavy atom. The van der Waals surface area contributed by atoms with Crippen LogP contribution < -0.4 is 5.73 Å². The summed E-state index contributed by atoms with van der Waals surface area (Å²) < 4.78 is 0. The van der Waals surface area contributed by atoms with Gasteiger partial charge in [-0.15, -0.1) is 11.3 Å². The monoisotopic (exact) mass is 224 g/mol. The highest BCUT2D eigenvalue weighted by Gasteiger charge is 2.04. The lowest BCUT2D eigenvalue weighted by Crippen LogP contribution is -1.86. The van der Waals surface area contributed by atoms with E-state index in [1.165, 1.54) is 4.88 Å². The van der Waals surface area contributed by atoms with Crippen LogP contribution in [0.1, 0.15) is 4.88 Å². The standard InChI is InChI=1S/C10H9ClN2S/c1-6-5-13-10(14-6)7-2-3-8(11)9(12)4-7/h2-5H,12H2,1H3. The molecule has 4 heteroatoms. The second-order valence-electron chi connectivity index (χ2n) is 3.01. The maximum absolute atomic E-state index is 5.83. The predicted octanol–water partition coefficient (Wildman–Crippen LogP) is 3.35. The molecule has 0 saturated carbocycles. The number of benzene rings is 1. The minimum Gasteiger partial charge on any atom is -0.398 e. The van der Waals surface area contributed by atoms with E-state index in [1.807, 2.05) is 25.3 Å². The Morgan fingerprint density at radius 3 is 2.79 bits per heavy atom. The van der Waals surface area contributed by atoms with Gasteiger partial charge in [0.05, 0.1) is 10.7 Å². The van der Waals surface area contributed by atoms with E-state index < -0.39 is 0 Å². The second-order valence-corrected chi connectivity index (χ2v) is 4.65. The summed E-state index contributed by atoms with van der Waals surface area (Å²) in [4.78, 5) is 5.47. The van der Waals surface area contributed by atoms with Crippen molar-refractivity contribution in [2.75, 3.05) is 5.73 Å². The third-order valence-electron chi connectivity index (χ3n) is 1.86. The smallest absolute Gasteiger partial charge is 0.123 e. The van der Waals surface area contributed by atoms with Crippen molar-refractivity contribution in [2.45, 2.75) is 6.92 Å². The topological polar surface area (TPSA) is 38.9 Å². The molecule has 0 unspecified atom stereocenters. The van der Waals surface area contributed by atoms with Crippen LogP contribution in [0.3, 0.4) is 0 Å². The molecular weight excluding hydrogens is 216 g/mol. The van der Waals surface area contributed by atoms with E-state index >= 15 is 0 Å². The first kappa shape index (κ1) is 9.49. The number of hydrogen-bond donors (Lipinski definition) is 1. The zero-order chi connectivity index (χ0) is 10.1. The number of aryl methyl sites for hydroxylation is 1. The predicted molar refractivity (Wildman–Crippen MR) is 61.7 cm³/mol. The lowest BCUT2D eigenvalue weighted by Gasteiger charge is -2.00. The molecule has 0 amide bonds. The van der Waals surface area contributed by atoms with Gasteiger partial charge in [0, 0.05) is 16.6 Å². The molecular formula is C10H9ClN2S. The summed E-state index contributed by atoms with van der Waals surface area (Å²) in [5.41, 5.74) is 7.32. The number of nitrogens with zero attached hydrogens (tertiary/aromatic N) is 1. The minimum absolute atomic E-state index is 0.585. The van der Waals surface area contributed by atoms with Crippen LogP contribution in [0.4, 0.5) is 5.69 Å². The van der Waals surface area contributed by atoms with Gasteiger partial charge in [0.2, 0.25) is 0 Å². The van der Waals surface area contributed by atoms with Crippen LogP contribution in [0.15, 0.2) is 24.4 Å². The summed E-state index contributed by atoms with van der Waals surface area (Å²) in [6.07, 6.45) is 1.85. The minimum atomic E-state index is 0.585. The van der Waals surface area contributed by atoms with Crippen LogP contribution in [-0.4, -0.2) is 4.98 Å². The quantitative estimate of drug-likeness (QED) is 0.755. The maximum atomic E-state index is 5.83. The summed E-state index contributed by atoms with van der Waals surface area (Å²) in [5.74, 6) is 0. The number of hydrogen-bond acceptors (Lipinski definition) is 3. The van der Waals surface area contributed by atoms with Crippen LogP contribution in [0.5, 0.6) is 0 Å². The van der Waals surface area contributed by atoms with Gasteiger partial charge < -0.3 is 5.73 Å². The van der Waals surface area contributed by atoms with E-state index in [1.54, 1.807) is 17.4 Å². The lowest BCUT2D eigenvalue weighted by atomic mass is 10.2. The molecule has 14 heavy (non-hydrogen) atoms. The molecule has 1 aromatic carbocycles. The van der Waals surface area contributed by atoms with E-state index in [0.717, 1.165) is 10.6 Å². The molecule has 0 radical (unpaired) electrons. The largest absolute Gasteiger partial charge is 0.398 e. The molecule has 0 spiro atoms.